The van der Waals surface area contributed by atoms with Crippen molar-refractivity contribution >= 4 is 29.0 Å². The van der Waals surface area contributed by atoms with Gasteiger partial charge in [-0.3, -0.25) is 4.98 Å². The maximum atomic E-state index is 5.15. The van der Waals surface area contributed by atoms with Crippen LogP contribution in [0.1, 0.15) is 35.3 Å². The van der Waals surface area contributed by atoms with E-state index in [0.717, 1.165) is 40.6 Å². The van der Waals surface area contributed by atoms with Crippen molar-refractivity contribution in [3.63, 3.8) is 0 Å². The van der Waals surface area contributed by atoms with Crippen molar-refractivity contribution in [2.75, 3.05) is 23.1 Å². The lowest BCUT2D eigenvalue weighted by atomic mass is 9.95. The average Bonchev–Trinajstić information content (AvgIpc) is 3.10. The monoisotopic (exact) mass is 426 g/mol. The molecular weight excluding hydrogens is 400 g/mol. The zero-order valence-corrected chi connectivity index (χ0v) is 19.0. The smallest absolute Gasteiger partial charge is 0.134 e. The van der Waals surface area contributed by atoms with Crippen molar-refractivity contribution in [2.24, 2.45) is 5.92 Å². The molecule has 0 aliphatic carbocycles. The number of nitrogens with zero attached hydrogens (tertiary/aromatic N) is 4. The second-order valence-corrected chi connectivity index (χ2v) is 9.07. The van der Waals surface area contributed by atoms with Gasteiger partial charge >= 0.3 is 0 Å². The third-order valence-corrected chi connectivity index (χ3v) is 7.23. The topological polar surface area (TPSA) is 32.3 Å². The van der Waals surface area contributed by atoms with Gasteiger partial charge in [0.1, 0.15) is 5.82 Å². The molecule has 2 atom stereocenters. The van der Waals surface area contributed by atoms with Crippen molar-refractivity contribution in [2.45, 2.75) is 24.3 Å². The molecule has 0 radical (unpaired) electrons. The predicted octanol–water partition coefficient (Wildman–Crippen LogP) is 5.92. The van der Waals surface area contributed by atoms with E-state index in [1.54, 1.807) is 11.8 Å². The summed E-state index contributed by atoms with van der Waals surface area (Å²) in [5, 5.41) is 0. The van der Waals surface area contributed by atoms with E-state index in [1.807, 2.05) is 18.5 Å². The third kappa shape index (κ3) is 3.07. The molecule has 156 valence electrons. The minimum absolute atomic E-state index is 0.00237. The minimum atomic E-state index is 0.00237. The fourth-order valence-electron chi connectivity index (χ4n) is 4.77. The quantitative estimate of drug-likeness (QED) is 0.485. The fraction of sp³-hybridized carbons (Fsp3) is 0.231. The second kappa shape index (κ2) is 7.57. The molecule has 0 saturated carbocycles. The number of anilines is 2. The molecule has 2 aliphatic rings. The van der Waals surface area contributed by atoms with Gasteiger partial charge in [0.05, 0.1) is 17.4 Å². The molecule has 1 aromatic carbocycles. The predicted molar refractivity (Wildman–Crippen MR) is 130 cm³/mol. The number of thioether (sulfide) groups is 1. The van der Waals surface area contributed by atoms with E-state index in [4.69, 9.17) is 4.98 Å². The lowest BCUT2D eigenvalue weighted by Gasteiger charge is -2.35. The van der Waals surface area contributed by atoms with Crippen molar-refractivity contribution in [1.82, 2.24) is 9.97 Å². The van der Waals surface area contributed by atoms with Crippen LogP contribution in [0.5, 0.6) is 0 Å². The number of rotatable bonds is 3. The minimum Gasteiger partial charge on any atom is -0.347 e. The summed E-state index contributed by atoms with van der Waals surface area (Å²) in [6, 6.07) is 14.9. The summed E-state index contributed by atoms with van der Waals surface area (Å²) >= 11 is 1.76. The Hall–Kier alpha value is -3.05. The first-order valence-corrected chi connectivity index (χ1v) is 11.7. The van der Waals surface area contributed by atoms with Crippen LogP contribution < -0.4 is 9.80 Å². The van der Waals surface area contributed by atoms with Crippen LogP contribution in [-0.4, -0.2) is 23.3 Å². The molecular formula is C26H26N4S. The normalized spacial score (nSPS) is 20.1. The van der Waals surface area contributed by atoms with Crippen LogP contribution in [0.25, 0.3) is 5.70 Å². The van der Waals surface area contributed by atoms with Gasteiger partial charge < -0.3 is 9.80 Å². The van der Waals surface area contributed by atoms with E-state index in [0.29, 0.717) is 5.92 Å². The van der Waals surface area contributed by atoms with Crippen LogP contribution >= 0.6 is 11.8 Å². The molecule has 2 aromatic heterocycles. The van der Waals surface area contributed by atoms with Gasteiger partial charge in [0.2, 0.25) is 0 Å². The maximum absolute atomic E-state index is 5.15. The first-order chi connectivity index (χ1) is 15.0. The van der Waals surface area contributed by atoms with Crippen LogP contribution in [0, 0.1) is 5.92 Å². The summed E-state index contributed by atoms with van der Waals surface area (Å²) in [7, 11) is 2.08. The fourth-order valence-corrected chi connectivity index (χ4v) is 5.43. The molecule has 4 nitrogen and oxygen atoms in total. The van der Waals surface area contributed by atoms with Crippen molar-refractivity contribution in [1.29, 1.82) is 0 Å². The Morgan fingerprint density at radius 3 is 2.68 bits per heavy atom. The number of aromatic nitrogens is 2. The molecule has 0 fully saturated rings. The lowest BCUT2D eigenvalue weighted by Crippen LogP contribution is -2.30. The van der Waals surface area contributed by atoms with Gasteiger partial charge in [-0.25, -0.2) is 4.98 Å². The van der Waals surface area contributed by atoms with Gasteiger partial charge in [-0.2, -0.15) is 0 Å². The molecule has 2 unspecified atom stereocenters. The zero-order chi connectivity index (χ0) is 21.7. The molecule has 0 saturated heterocycles. The summed E-state index contributed by atoms with van der Waals surface area (Å²) in [6.45, 7) is 11.0. The highest BCUT2D eigenvalue weighted by atomic mass is 32.2. The van der Waals surface area contributed by atoms with Crippen LogP contribution in [-0.2, 0) is 6.42 Å². The number of allylic oxidation sites excluding steroid dienone is 1. The van der Waals surface area contributed by atoms with Crippen molar-refractivity contribution < 1.29 is 0 Å². The largest absolute Gasteiger partial charge is 0.347 e. The van der Waals surface area contributed by atoms with E-state index in [9.17, 15) is 0 Å². The Kier molecular flexibility index (Phi) is 4.86. The summed E-state index contributed by atoms with van der Waals surface area (Å²) in [5.41, 5.74) is 7.97. The number of fused-ring (bicyclic) bond motifs is 2. The number of hydrogen-bond donors (Lipinski definition) is 0. The maximum Gasteiger partial charge on any atom is 0.134 e. The Morgan fingerprint density at radius 2 is 1.94 bits per heavy atom. The van der Waals surface area contributed by atoms with Gasteiger partial charge in [0.15, 0.2) is 0 Å². The molecule has 0 amide bonds. The van der Waals surface area contributed by atoms with Crippen LogP contribution in [0.15, 0.2) is 78.6 Å². The van der Waals surface area contributed by atoms with E-state index < -0.39 is 0 Å². The number of pyridine rings is 2. The number of hydrogen-bond acceptors (Lipinski definition) is 5. The summed E-state index contributed by atoms with van der Waals surface area (Å²) in [5.74, 6) is 1.30. The van der Waals surface area contributed by atoms with E-state index in [2.05, 4.69) is 84.6 Å². The molecule has 3 aromatic rings. The van der Waals surface area contributed by atoms with E-state index in [1.165, 1.54) is 16.0 Å². The van der Waals surface area contributed by atoms with E-state index in [-0.39, 0.29) is 6.04 Å². The van der Waals surface area contributed by atoms with Gasteiger partial charge in [0, 0.05) is 47.2 Å². The van der Waals surface area contributed by atoms with Gasteiger partial charge in [-0.1, -0.05) is 38.3 Å². The third-order valence-electron chi connectivity index (χ3n) is 6.45. The van der Waals surface area contributed by atoms with Crippen LogP contribution in [0.4, 0.5) is 11.5 Å². The summed E-state index contributed by atoms with van der Waals surface area (Å²) in [6.07, 6.45) is 6.78. The highest BCUT2D eigenvalue weighted by molar-refractivity contribution is 7.98. The molecule has 4 heterocycles. The molecule has 0 N–H and O–H groups in total. The highest BCUT2D eigenvalue weighted by Gasteiger charge is 2.37. The Labute approximate surface area is 188 Å². The first kappa shape index (κ1) is 19.9. The SMILES string of the molecule is C=C1C(C)Cc2nc(N3C(=C)c4c(SC)cccc4C3c3cccnc3)ccc2N1C. The lowest BCUT2D eigenvalue weighted by molar-refractivity contribution is 0.620. The Morgan fingerprint density at radius 1 is 1.10 bits per heavy atom. The molecule has 0 spiro atoms. The molecule has 2 aliphatic heterocycles. The second-order valence-electron chi connectivity index (χ2n) is 8.22. The highest BCUT2D eigenvalue weighted by Crippen LogP contribution is 2.49. The van der Waals surface area contributed by atoms with Gasteiger partial charge in [-0.05, 0) is 48.1 Å². The van der Waals surface area contributed by atoms with E-state index >= 15 is 0 Å². The number of benzene rings is 1. The van der Waals surface area contributed by atoms with Gasteiger partial charge in [0.25, 0.3) is 0 Å². The standard InChI is InChI=1S/C26H26N4S/c1-16-14-21-22(29(4)17(16)2)11-12-24(28-21)30-18(3)25-20(9-6-10-23(25)31-5)26(30)19-8-7-13-27-15-19/h6-13,15-16,26H,2-3,14H2,1,4-5H3. The van der Waals surface area contributed by atoms with Crippen molar-refractivity contribution in [3.05, 3.63) is 96.1 Å². The van der Waals surface area contributed by atoms with Gasteiger partial charge in [-0.15, -0.1) is 11.8 Å². The molecule has 0 bridgehead atoms. The Balaban J connectivity index is 1.67. The molecule has 5 heteroatoms. The zero-order valence-electron chi connectivity index (χ0n) is 18.2. The van der Waals surface area contributed by atoms with Crippen LogP contribution in [0.3, 0.4) is 0 Å². The Bertz CT molecular complexity index is 1190. The molecule has 5 rings (SSSR count). The first-order valence-electron chi connectivity index (χ1n) is 10.5. The summed E-state index contributed by atoms with van der Waals surface area (Å²) in [4.78, 5) is 15.2. The van der Waals surface area contributed by atoms with Crippen molar-refractivity contribution in [3.8, 4) is 0 Å². The summed E-state index contributed by atoms with van der Waals surface area (Å²) < 4.78 is 0. The van der Waals surface area contributed by atoms with Crippen LogP contribution in [0.2, 0.25) is 0 Å². The average molecular weight is 427 g/mol. The molecule has 31 heavy (non-hydrogen) atoms.